The minimum absolute atomic E-state index is 0.121. The number of rotatable bonds is 10. The van der Waals surface area contributed by atoms with E-state index in [0.29, 0.717) is 13.0 Å². The van der Waals surface area contributed by atoms with Crippen LogP contribution < -0.4 is 10.1 Å². The van der Waals surface area contributed by atoms with Gasteiger partial charge in [0.25, 0.3) is 0 Å². The first kappa shape index (κ1) is 119. The molecule has 0 atom stereocenters. The standard InChI is InChI=1S/C12H18N2.C9H8.C8H8O.C8H10.C7H16N2.C7H15N.C7H8O.C7H8.C6H14N2.C5H12N2.C5H11NO.C5H11N.C5H10O2.C4H10.C3H9N.2C2H6/c1-13-7-9-14(10-8-13)11-12-5-3-2-4-6-12;1-2-6-9-7-4-3-5-8-9;1-7(9)8-5-3-2-4-6-8;1-7-3-5-8(2)6-4-7;1-3-9-6-4-8(2)5-7-9;1-2-8-6-4-3-5-7-8;1-8-7-5-3-2-4-6-7;1-7-5-3-2-4-6-7;1-7-3-5-8(2)6-4-7;1-7-4-2-6-3-5-7;1-6-2-4-7-5-3-6;1-6-4-2-3-5-6;1-5(6)3-4-7-2;1-3-4-2;1-4(2)3;2*1-2/h2-6H,7-11H2,1H3;3-5,7-8H,1H3;2-6H,1H3;3-6H,1-2H3;3-7H2,1-2H3;2-7H2,1H3;2-6H,1H3;2-6H,1H3;3-6H2,1-2H3;6H,2-5H2,1H3;2-5H2,1H3;2-5H2,1H3;3-4H2,1-2H3;3-4H2,1-2H3;1-3H3;2*1-2H3. The first-order valence-electron chi connectivity index (χ1n) is 44.9. The zero-order valence-corrected chi connectivity index (χ0v) is 81.2. The molecular formula is C102H180N12O5. The van der Waals surface area contributed by atoms with Gasteiger partial charge in [-0.2, -0.15) is 0 Å². The van der Waals surface area contributed by atoms with Crippen LogP contribution in [0.5, 0.6) is 5.75 Å². The monoisotopic (exact) mass is 1650 g/mol. The third kappa shape index (κ3) is 83.5. The predicted octanol–water partition coefficient (Wildman–Crippen LogP) is 17.8. The van der Waals surface area contributed by atoms with E-state index in [1.165, 1.54) is 198 Å². The van der Waals surface area contributed by atoms with Gasteiger partial charge in [-0.15, -0.1) is 5.92 Å². The molecule has 119 heavy (non-hydrogen) atoms. The highest BCUT2D eigenvalue weighted by Gasteiger charge is 2.14. The summed E-state index contributed by atoms with van der Waals surface area (Å²) in [5.74, 6) is 7.00. The largest absolute Gasteiger partial charge is 0.497 e. The number of nitrogens with one attached hydrogen (secondary N) is 1. The van der Waals surface area contributed by atoms with E-state index in [0.717, 1.165) is 62.8 Å². The molecule has 7 heterocycles. The molecule has 0 saturated carbocycles. The molecule has 7 fully saturated rings. The van der Waals surface area contributed by atoms with E-state index in [-0.39, 0.29) is 11.6 Å². The van der Waals surface area contributed by atoms with Gasteiger partial charge in [0.2, 0.25) is 0 Å². The lowest BCUT2D eigenvalue weighted by Crippen LogP contribution is -2.44. The molecule has 17 heteroatoms. The number of Topliss-reactive ketones (excluding diaryl/α,β-unsaturated/α-hetero) is 2. The molecule has 7 saturated heterocycles. The summed E-state index contributed by atoms with van der Waals surface area (Å²) in [6, 6.07) is 58.3. The Morgan fingerprint density at radius 1 is 0.412 bits per heavy atom. The fourth-order valence-corrected chi connectivity index (χ4v) is 10.8. The number of benzene rings is 6. The molecule has 0 unspecified atom stereocenters. The topological polar surface area (TPSA) is 110 Å². The van der Waals surface area contributed by atoms with E-state index in [1.54, 1.807) is 28.1 Å². The Kier molecular flexibility index (Phi) is 87.6. The minimum Gasteiger partial charge on any atom is -0.497 e. The molecule has 7 aliphatic heterocycles. The summed E-state index contributed by atoms with van der Waals surface area (Å²) in [5, 5.41) is 3.27. The number of carbonyl (C=O) groups excluding carboxylic acids is 2. The number of piperazine rings is 4. The highest BCUT2D eigenvalue weighted by molar-refractivity contribution is 5.93. The molecule has 7 aliphatic rings. The SMILES string of the molecule is CC.CC.CC#Cc1ccccc1.CC(=O)c1ccccc1.CCCC.CCN1CCCCC1.CCN1CCN(C)CC1.CN(C)C.CN1CCCC1.CN1CCN(C)CC1.CN1CCN(Cc2ccccc2)CC1.CN1CCNCC1.CN1CCOCC1.COCCC(C)=O.COc1ccccc1.Cc1ccc(C)cc1.Cc1ccccc1. The number of para-hydroxylation sites is 1. The van der Waals surface area contributed by atoms with Crippen molar-refractivity contribution < 1.29 is 23.8 Å². The van der Waals surface area contributed by atoms with Crippen LogP contribution in [0, 0.1) is 32.6 Å². The van der Waals surface area contributed by atoms with Crippen molar-refractivity contribution in [2.24, 2.45) is 0 Å². The number of hydrogen-bond acceptors (Lipinski definition) is 17. The summed E-state index contributed by atoms with van der Waals surface area (Å²) in [5.41, 5.74) is 7.27. The van der Waals surface area contributed by atoms with Crippen molar-refractivity contribution >= 4 is 11.6 Å². The van der Waals surface area contributed by atoms with Gasteiger partial charge >= 0.3 is 0 Å². The summed E-state index contributed by atoms with van der Waals surface area (Å²) in [6.45, 7) is 61.0. The van der Waals surface area contributed by atoms with E-state index >= 15 is 0 Å². The number of likely N-dealkylation sites (tertiary alicyclic amines) is 2. The summed E-state index contributed by atoms with van der Waals surface area (Å²) in [6.07, 6.45) is 10.3. The smallest absolute Gasteiger partial charge is 0.159 e. The van der Waals surface area contributed by atoms with Crippen molar-refractivity contribution in [2.75, 3.05) is 262 Å². The van der Waals surface area contributed by atoms with Crippen molar-refractivity contribution in [1.82, 2.24) is 59.2 Å². The van der Waals surface area contributed by atoms with Crippen molar-refractivity contribution in [3.63, 3.8) is 0 Å². The Labute approximate surface area is 733 Å². The molecule has 0 aliphatic carbocycles. The molecule has 1 N–H and O–H groups in total. The molecule has 6 aromatic carbocycles. The van der Waals surface area contributed by atoms with E-state index < -0.39 is 0 Å². The number of unbranched alkanes of at least 4 members (excludes halogenated alkanes) is 1. The van der Waals surface area contributed by atoms with Crippen LogP contribution in [-0.4, -0.2) is 327 Å². The molecule has 6 aromatic rings. The maximum absolute atomic E-state index is 10.6. The van der Waals surface area contributed by atoms with Gasteiger partial charge in [0.15, 0.2) is 5.78 Å². The zero-order chi connectivity index (χ0) is 89.8. The average Bonchev–Trinajstić information content (AvgIpc) is 1.07. The fraction of sp³-hybridized carbons (Fsp3) is 0.608. The van der Waals surface area contributed by atoms with E-state index in [2.05, 4.69) is 235 Å². The Hall–Kier alpha value is -6.54. The molecular weight excluding hydrogens is 1470 g/mol. The number of piperidine rings is 1. The van der Waals surface area contributed by atoms with Gasteiger partial charge in [-0.3, -0.25) is 14.5 Å². The third-order valence-corrected chi connectivity index (χ3v) is 18.9. The maximum atomic E-state index is 10.6. The summed E-state index contributed by atoms with van der Waals surface area (Å²) in [7, 11) is 24.4. The highest BCUT2D eigenvalue weighted by Crippen LogP contribution is 2.10. The lowest BCUT2D eigenvalue weighted by atomic mass is 10.1. The van der Waals surface area contributed by atoms with Gasteiger partial charge in [0.05, 0.1) is 26.9 Å². The molecule has 0 radical (unpaired) electrons. The number of ether oxygens (including phenoxy) is 3. The first-order chi connectivity index (χ1) is 57.3. The van der Waals surface area contributed by atoms with Gasteiger partial charge in [-0.05, 0) is 207 Å². The maximum Gasteiger partial charge on any atom is 0.159 e. The van der Waals surface area contributed by atoms with Crippen molar-refractivity contribution in [1.29, 1.82) is 0 Å². The van der Waals surface area contributed by atoms with Gasteiger partial charge in [-0.1, -0.05) is 249 Å². The summed E-state index contributed by atoms with van der Waals surface area (Å²) in [4.78, 5) is 46.7. The normalized spacial score (nSPS) is 16.0. The summed E-state index contributed by atoms with van der Waals surface area (Å²) >= 11 is 0. The molecule has 13 rings (SSSR count). The molecule has 0 bridgehead atoms. The van der Waals surface area contributed by atoms with Crippen LogP contribution in [0.3, 0.4) is 0 Å². The highest BCUT2D eigenvalue weighted by atomic mass is 16.5. The second-order valence-corrected chi connectivity index (χ2v) is 30.7. The number of morpholine rings is 1. The number of nitrogens with zero attached hydrogens (tertiary/aromatic N) is 11. The van der Waals surface area contributed by atoms with Crippen molar-refractivity contribution in [3.8, 4) is 17.6 Å². The molecule has 0 spiro atoms. The second kappa shape index (κ2) is 87.8. The van der Waals surface area contributed by atoms with E-state index in [1.807, 2.05) is 170 Å². The van der Waals surface area contributed by atoms with Crippen LogP contribution in [0.1, 0.15) is 166 Å². The van der Waals surface area contributed by atoms with Crippen LogP contribution in [0.25, 0.3) is 0 Å². The van der Waals surface area contributed by atoms with Crippen molar-refractivity contribution in [2.45, 2.75) is 155 Å². The zero-order valence-electron chi connectivity index (χ0n) is 81.2. The van der Waals surface area contributed by atoms with E-state index in [4.69, 9.17) is 9.47 Å². The van der Waals surface area contributed by atoms with Crippen LogP contribution in [0.4, 0.5) is 0 Å². The quantitative estimate of drug-likeness (QED) is 0.104. The van der Waals surface area contributed by atoms with E-state index in [9.17, 15) is 9.59 Å². The van der Waals surface area contributed by atoms with Gasteiger partial charge in [0, 0.05) is 149 Å². The number of aryl methyl sites for hydroxylation is 3. The molecule has 17 nitrogen and oxygen atoms in total. The Morgan fingerprint density at radius 2 is 0.739 bits per heavy atom. The number of methoxy groups -OCH3 is 2. The van der Waals surface area contributed by atoms with Crippen LogP contribution in [-0.2, 0) is 20.8 Å². The van der Waals surface area contributed by atoms with Crippen LogP contribution in [0.2, 0.25) is 0 Å². The molecule has 0 amide bonds. The lowest BCUT2D eigenvalue weighted by molar-refractivity contribution is -0.117. The third-order valence-electron chi connectivity index (χ3n) is 18.9. The number of ketones is 2. The fourth-order valence-electron chi connectivity index (χ4n) is 10.8. The Balaban J connectivity index is -0.000000598. The number of likely N-dealkylation sites (N-methyl/N-ethyl adjacent to an activating group) is 7. The van der Waals surface area contributed by atoms with Gasteiger partial charge in [0.1, 0.15) is 11.5 Å². The number of carbonyl (C=O) groups is 2. The van der Waals surface area contributed by atoms with Gasteiger partial charge in [-0.25, -0.2) is 0 Å². The Bertz CT molecular complexity index is 3020. The summed E-state index contributed by atoms with van der Waals surface area (Å²) < 4.78 is 14.6. The van der Waals surface area contributed by atoms with Crippen LogP contribution >= 0.6 is 0 Å². The minimum atomic E-state index is 0.121. The van der Waals surface area contributed by atoms with Gasteiger partial charge < -0.3 is 68.5 Å². The second-order valence-electron chi connectivity index (χ2n) is 30.7. The first-order valence-corrected chi connectivity index (χ1v) is 44.9. The van der Waals surface area contributed by atoms with Crippen LogP contribution in [0.15, 0.2) is 176 Å². The Morgan fingerprint density at radius 3 is 1.01 bits per heavy atom. The lowest BCUT2D eigenvalue weighted by Gasteiger charge is -2.32. The molecule has 678 valence electrons. The number of hydrogen-bond donors (Lipinski definition) is 1. The average molecular weight is 1650 g/mol. The predicted molar refractivity (Wildman–Crippen MR) is 521 cm³/mol. The molecule has 0 aromatic heterocycles. The van der Waals surface area contributed by atoms with Crippen molar-refractivity contribution in [3.05, 3.63) is 209 Å².